The molecule has 18 heavy (non-hydrogen) atoms. The summed E-state index contributed by atoms with van der Waals surface area (Å²) in [5, 5.41) is 0. The van der Waals surface area contributed by atoms with E-state index in [1.54, 1.807) is 0 Å². The Kier molecular flexibility index (Phi) is 3.30. The molecule has 0 radical (unpaired) electrons. The number of benzene rings is 1. The normalized spacial score (nSPS) is 26.4. The maximum absolute atomic E-state index is 5.86. The molecule has 0 aromatic heterocycles. The van der Waals surface area contributed by atoms with Crippen molar-refractivity contribution in [3.63, 3.8) is 0 Å². The summed E-state index contributed by atoms with van der Waals surface area (Å²) in [5.41, 5.74) is 7.91. The summed E-state index contributed by atoms with van der Waals surface area (Å²) < 4.78 is 6.83. The molecule has 1 aromatic rings. The number of halogens is 1. The molecule has 2 N–H and O–H groups in total. The Bertz CT molecular complexity index is 482. The molecule has 2 saturated heterocycles. The third kappa shape index (κ3) is 2.15. The van der Waals surface area contributed by atoms with E-state index in [1.807, 2.05) is 12.1 Å². The first-order valence-electron chi connectivity index (χ1n) is 6.14. The molecule has 3 nitrogen and oxygen atoms in total. The van der Waals surface area contributed by atoms with Gasteiger partial charge in [0.2, 0.25) is 0 Å². The second-order valence-electron chi connectivity index (χ2n) is 4.86. The van der Waals surface area contributed by atoms with Gasteiger partial charge in [-0.2, -0.15) is 0 Å². The first-order valence-corrected chi connectivity index (χ1v) is 7.34. The average Bonchev–Trinajstić information content (AvgIpc) is 2.67. The number of morpholine rings is 1. The minimum absolute atomic E-state index is 0.363. The van der Waals surface area contributed by atoms with Crippen molar-refractivity contribution in [3.8, 4) is 0 Å². The lowest BCUT2D eigenvalue weighted by atomic mass is 10.1. The van der Waals surface area contributed by atoms with Crippen LogP contribution in [0.5, 0.6) is 0 Å². The van der Waals surface area contributed by atoms with Gasteiger partial charge in [0.15, 0.2) is 0 Å². The van der Waals surface area contributed by atoms with Crippen LogP contribution in [-0.2, 0) is 4.74 Å². The SMILES string of the molecule is NC(=S)c1c(Br)cccc1N1CC2CCC(C1)O2. The van der Waals surface area contributed by atoms with E-state index in [1.165, 1.54) is 0 Å². The van der Waals surface area contributed by atoms with Crippen molar-refractivity contribution in [3.05, 3.63) is 28.2 Å². The Morgan fingerprint density at radius 1 is 1.33 bits per heavy atom. The Morgan fingerprint density at radius 2 is 2.00 bits per heavy atom. The molecule has 0 amide bonds. The summed E-state index contributed by atoms with van der Waals surface area (Å²) in [6.07, 6.45) is 3.05. The maximum atomic E-state index is 5.86. The zero-order chi connectivity index (χ0) is 12.7. The third-order valence-electron chi connectivity index (χ3n) is 3.62. The molecule has 2 fully saturated rings. The van der Waals surface area contributed by atoms with Crippen LogP contribution < -0.4 is 10.6 Å². The van der Waals surface area contributed by atoms with Crippen molar-refractivity contribution in [2.45, 2.75) is 25.0 Å². The van der Waals surface area contributed by atoms with Gasteiger partial charge in [-0.1, -0.05) is 18.3 Å². The molecule has 2 heterocycles. The molecule has 2 bridgehead atoms. The smallest absolute Gasteiger partial charge is 0.107 e. The van der Waals surface area contributed by atoms with Crippen molar-refractivity contribution >= 4 is 38.8 Å². The summed E-state index contributed by atoms with van der Waals surface area (Å²) in [5.74, 6) is 0. The van der Waals surface area contributed by atoms with Gasteiger partial charge in [-0.05, 0) is 40.9 Å². The van der Waals surface area contributed by atoms with Gasteiger partial charge >= 0.3 is 0 Å². The molecule has 2 unspecified atom stereocenters. The van der Waals surface area contributed by atoms with Crippen LogP contribution in [0.25, 0.3) is 0 Å². The lowest BCUT2D eigenvalue weighted by molar-refractivity contribution is 0.0305. The van der Waals surface area contributed by atoms with Crippen LogP contribution in [0.3, 0.4) is 0 Å². The summed E-state index contributed by atoms with van der Waals surface area (Å²) in [7, 11) is 0. The number of fused-ring (bicyclic) bond motifs is 2. The van der Waals surface area contributed by atoms with Crippen LogP contribution >= 0.6 is 28.1 Å². The molecule has 0 saturated carbocycles. The van der Waals surface area contributed by atoms with Crippen molar-refractivity contribution in [2.24, 2.45) is 5.73 Å². The molecular formula is C13H15BrN2OS. The van der Waals surface area contributed by atoms with E-state index in [-0.39, 0.29) is 0 Å². The van der Waals surface area contributed by atoms with Crippen LogP contribution in [0, 0.1) is 0 Å². The molecule has 2 atom stereocenters. The van der Waals surface area contributed by atoms with Gasteiger partial charge in [-0.3, -0.25) is 0 Å². The number of hydrogen-bond acceptors (Lipinski definition) is 3. The fraction of sp³-hybridized carbons (Fsp3) is 0.462. The molecule has 96 valence electrons. The summed E-state index contributed by atoms with van der Waals surface area (Å²) in [4.78, 5) is 2.79. The average molecular weight is 327 g/mol. The largest absolute Gasteiger partial charge is 0.389 e. The van der Waals surface area contributed by atoms with Crippen molar-refractivity contribution in [1.82, 2.24) is 0 Å². The molecule has 3 rings (SSSR count). The second-order valence-corrected chi connectivity index (χ2v) is 6.15. The number of rotatable bonds is 2. The molecule has 0 aliphatic carbocycles. The molecule has 2 aliphatic heterocycles. The predicted molar refractivity (Wildman–Crippen MR) is 80.1 cm³/mol. The number of anilines is 1. The predicted octanol–water partition coefficient (Wildman–Crippen LogP) is 2.45. The number of nitrogens with two attached hydrogens (primary N) is 1. The van der Waals surface area contributed by atoms with E-state index in [2.05, 4.69) is 26.9 Å². The first kappa shape index (κ1) is 12.4. The number of hydrogen-bond donors (Lipinski definition) is 1. The topological polar surface area (TPSA) is 38.5 Å². The fourth-order valence-corrected chi connectivity index (χ4v) is 3.75. The standard InChI is InChI=1S/C13H15BrN2OS/c14-10-2-1-3-11(12(10)13(15)18)16-6-8-4-5-9(7-16)17-8/h1-3,8-9H,4-7H2,(H2,15,18). The Balaban J connectivity index is 1.97. The lowest BCUT2D eigenvalue weighted by Gasteiger charge is -2.35. The Labute approximate surface area is 120 Å². The van der Waals surface area contributed by atoms with E-state index in [4.69, 9.17) is 22.7 Å². The Hall–Kier alpha value is -0.650. The van der Waals surface area contributed by atoms with Crippen molar-refractivity contribution in [1.29, 1.82) is 0 Å². The van der Waals surface area contributed by atoms with Crippen LogP contribution in [-0.4, -0.2) is 30.3 Å². The molecule has 2 aliphatic rings. The van der Waals surface area contributed by atoms with Gasteiger partial charge in [-0.25, -0.2) is 0 Å². The minimum Gasteiger partial charge on any atom is -0.389 e. The highest BCUT2D eigenvalue weighted by atomic mass is 79.9. The van der Waals surface area contributed by atoms with Gasteiger partial charge in [0.05, 0.1) is 12.2 Å². The minimum atomic E-state index is 0.363. The van der Waals surface area contributed by atoms with Gasteiger partial charge in [0.1, 0.15) is 4.99 Å². The quantitative estimate of drug-likeness (QED) is 0.847. The molecule has 5 heteroatoms. The van der Waals surface area contributed by atoms with Crippen LogP contribution in [0.4, 0.5) is 5.69 Å². The van der Waals surface area contributed by atoms with E-state index in [0.717, 1.165) is 41.7 Å². The number of ether oxygens (including phenoxy) is 1. The van der Waals surface area contributed by atoms with E-state index in [9.17, 15) is 0 Å². The highest BCUT2D eigenvalue weighted by molar-refractivity contribution is 9.10. The van der Waals surface area contributed by atoms with Gasteiger partial charge in [-0.15, -0.1) is 0 Å². The summed E-state index contributed by atoms with van der Waals surface area (Å²) >= 11 is 8.71. The maximum Gasteiger partial charge on any atom is 0.107 e. The van der Waals surface area contributed by atoms with Crippen LogP contribution in [0.2, 0.25) is 0 Å². The zero-order valence-corrected chi connectivity index (χ0v) is 12.3. The van der Waals surface area contributed by atoms with E-state index in [0.29, 0.717) is 17.2 Å². The Morgan fingerprint density at radius 3 is 2.61 bits per heavy atom. The van der Waals surface area contributed by atoms with E-state index >= 15 is 0 Å². The summed E-state index contributed by atoms with van der Waals surface area (Å²) in [6.45, 7) is 1.87. The van der Waals surface area contributed by atoms with Crippen LogP contribution in [0.15, 0.2) is 22.7 Å². The third-order valence-corrected chi connectivity index (χ3v) is 4.49. The van der Waals surface area contributed by atoms with E-state index < -0.39 is 0 Å². The summed E-state index contributed by atoms with van der Waals surface area (Å²) in [6, 6.07) is 6.09. The fourth-order valence-electron chi connectivity index (χ4n) is 2.83. The molecular weight excluding hydrogens is 312 g/mol. The number of nitrogens with zero attached hydrogens (tertiary/aromatic N) is 1. The van der Waals surface area contributed by atoms with Gasteiger partial charge < -0.3 is 15.4 Å². The second kappa shape index (κ2) is 4.79. The highest BCUT2D eigenvalue weighted by Crippen LogP contribution is 2.33. The van der Waals surface area contributed by atoms with Crippen molar-refractivity contribution < 1.29 is 4.74 Å². The highest BCUT2D eigenvalue weighted by Gasteiger charge is 2.34. The van der Waals surface area contributed by atoms with Crippen molar-refractivity contribution in [2.75, 3.05) is 18.0 Å². The first-order chi connectivity index (χ1) is 8.65. The zero-order valence-electron chi connectivity index (χ0n) is 9.93. The molecule has 1 aromatic carbocycles. The molecule has 0 spiro atoms. The number of thiocarbonyl (C=S) groups is 1. The monoisotopic (exact) mass is 326 g/mol. The van der Waals surface area contributed by atoms with Gasteiger partial charge in [0.25, 0.3) is 0 Å². The lowest BCUT2D eigenvalue weighted by Crippen LogP contribution is -2.43. The van der Waals surface area contributed by atoms with Gasteiger partial charge in [0, 0.05) is 28.8 Å². The van der Waals surface area contributed by atoms with Crippen LogP contribution in [0.1, 0.15) is 18.4 Å².